The largest absolute Gasteiger partial charge is 0.350 e. The third kappa shape index (κ3) is 3.20. The topological polar surface area (TPSA) is 61.0 Å². The number of carbonyl (C=O) groups excluding carboxylic acids is 1. The Bertz CT molecular complexity index is 466. The van der Waals surface area contributed by atoms with Gasteiger partial charge in [-0.2, -0.15) is 5.10 Å². The van der Waals surface area contributed by atoms with E-state index >= 15 is 0 Å². The van der Waals surface area contributed by atoms with Crippen molar-refractivity contribution in [3.05, 3.63) is 17.5 Å². The van der Waals surface area contributed by atoms with E-state index in [2.05, 4.69) is 41.3 Å². The second kappa shape index (κ2) is 5.95. The number of hydrogen-bond acceptors (Lipinski definition) is 3. The van der Waals surface area contributed by atoms with Crippen LogP contribution >= 0.6 is 0 Å². The first-order valence-electron chi connectivity index (χ1n) is 7.37. The number of nitrogens with zero attached hydrogens (tertiary/aromatic N) is 2. The molecule has 1 amide bonds. The van der Waals surface area contributed by atoms with Crippen LogP contribution in [0.3, 0.4) is 0 Å². The van der Waals surface area contributed by atoms with Crippen molar-refractivity contribution in [2.24, 2.45) is 11.3 Å². The summed E-state index contributed by atoms with van der Waals surface area (Å²) in [7, 11) is 2.13. The summed E-state index contributed by atoms with van der Waals surface area (Å²) in [5.74, 6) is 0.552. The molecule has 20 heavy (non-hydrogen) atoms. The highest BCUT2D eigenvalue weighted by atomic mass is 16.2. The minimum absolute atomic E-state index is 0.131. The fourth-order valence-electron chi connectivity index (χ4n) is 2.89. The molecule has 0 aromatic carbocycles. The van der Waals surface area contributed by atoms with E-state index in [0.717, 1.165) is 30.8 Å². The minimum Gasteiger partial charge on any atom is -0.350 e. The zero-order chi connectivity index (χ0) is 14.8. The molecule has 2 N–H and O–H groups in total. The van der Waals surface area contributed by atoms with Gasteiger partial charge in [0.25, 0.3) is 0 Å². The van der Waals surface area contributed by atoms with Gasteiger partial charge in [-0.3, -0.25) is 9.89 Å². The van der Waals surface area contributed by atoms with Gasteiger partial charge in [-0.15, -0.1) is 0 Å². The van der Waals surface area contributed by atoms with Crippen molar-refractivity contribution in [1.82, 2.24) is 20.4 Å². The Labute approximate surface area is 121 Å². The van der Waals surface area contributed by atoms with Crippen molar-refractivity contribution in [1.29, 1.82) is 0 Å². The van der Waals surface area contributed by atoms with E-state index in [1.807, 2.05) is 6.92 Å². The molecule has 5 heteroatoms. The molecule has 2 rings (SSSR count). The normalized spacial score (nSPS) is 20.9. The number of rotatable bonds is 4. The average molecular weight is 278 g/mol. The first kappa shape index (κ1) is 15.0. The lowest BCUT2D eigenvalue weighted by molar-refractivity contribution is -0.133. The van der Waals surface area contributed by atoms with Crippen LogP contribution in [-0.2, 0) is 11.3 Å². The average Bonchev–Trinajstić information content (AvgIpc) is 2.81. The van der Waals surface area contributed by atoms with Crippen molar-refractivity contribution in [3.8, 4) is 0 Å². The van der Waals surface area contributed by atoms with Gasteiger partial charge in [0.05, 0.1) is 18.4 Å². The number of aromatic nitrogens is 2. The Balaban J connectivity index is 1.94. The van der Waals surface area contributed by atoms with E-state index in [9.17, 15) is 4.79 Å². The molecule has 1 aliphatic heterocycles. The van der Waals surface area contributed by atoms with E-state index < -0.39 is 0 Å². The molecule has 0 aliphatic carbocycles. The summed E-state index contributed by atoms with van der Waals surface area (Å²) in [6.45, 7) is 8.78. The zero-order valence-corrected chi connectivity index (χ0v) is 13.0. The lowest BCUT2D eigenvalue weighted by Gasteiger charge is -2.39. The fourth-order valence-corrected chi connectivity index (χ4v) is 2.89. The third-order valence-electron chi connectivity index (χ3n) is 4.59. The zero-order valence-electron chi connectivity index (χ0n) is 13.0. The number of aromatic amines is 1. The highest BCUT2D eigenvalue weighted by Gasteiger charge is 2.38. The minimum atomic E-state index is -0.331. The van der Waals surface area contributed by atoms with Crippen LogP contribution in [0.25, 0.3) is 0 Å². The third-order valence-corrected chi connectivity index (χ3v) is 4.59. The molecule has 1 saturated heterocycles. The summed E-state index contributed by atoms with van der Waals surface area (Å²) in [5, 5.41) is 9.95. The van der Waals surface area contributed by atoms with Gasteiger partial charge >= 0.3 is 0 Å². The molecular weight excluding hydrogens is 252 g/mol. The quantitative estimate of drug-likeness (QED) is 0.881. The van der Waals surface area contributed by atoms with Gasteiger partial charge in [-0.05, 0) is 44.8 Å². The van der Waals surface area contributed by atoms with Gasteiger partial charge in [0.1, 0.15) is 0 Å². The molecule has 1 atom stereocenters. The van der Waals surface area contributed by atoms with Crippen LogP contribution in [0.2, 0.25) is 0 Å². The maximum atomic E-state index is 12.5. The van der Waals surface area contributed by atoms with E-state index in [0.29, 0.717) is 12.5 Å². The van der Waals surface area contributed by atoms with Crippen LogP contribution in [0.4, 0.5) is 0 Å². The standard InChI is InChI=1S/C15H26N4O/c1-11-8-17-18-13(11)9-16-14(20)15(2,3)12-6-5-7-19(4)10-12/h8,12H,5-7,9-10H2,1-4H3,(H,16,20)(H,17,18). The lowest BCUT2D eigenvalue weighted by atomic mass is 9.74. The van der Waals surface area contributed by atoms with Crippen LogP contribution in [-0.4, -0.2) is 41.1 Å². The van der Waals surface area contributed by atoms with Crippen molar-refractivity contribution in [2.45, 2.75) is 40.2 Å². The maximum absolute atomic E-state index is 12.5. The second-order valence-electron chi connectivity index (χ2n) is 6.54. The monoisotopic (exact) mass is 278 g/mol. The predicted molar refractivity (Wildman–Crippen MR) is 79.2 cm³/mol. The molecular formula is C15H26N4O. The molecule has 1 aromatic heterocycles. The number of carbonyl (C=O) groups is 1. The smallest absolute Gasteiger partial charge is 0.226 e. The lowest BCUT2D eigenvalue weighted by Crippen LogP contribution is -2.47. The van der Waals surface area contributed by atoms with Crippen molar-refractivity contribution in [3.63, 3.8) is 0 Å². The number of nitrogens with one attached hydrogen (secondary N) is 2. The number of piperidine rings is 1. The van der Waals surface area contributed by atoms with Gasteiger partial charge in [0, 0.05) is 12.0 Å². The van der Waals surface area contributed by atoms with Crippen LogP contribution in [0.15, 0.2) is 6.20 Å². The van der Waals surface area contributed by atoms with Gasteiger partial charge in [0.15, 0.2) is 0 Å². The summed E-state index contributed by atoms with van der Waals surface area (Å²) < 4.78 is 0. The van der Waals surface area contributed by atoms with E-state index in [1.54, 1.807) is 6.20 Å². The van der Waals surface area contributed by atoms with Crippen molar-refractivity contribution < 1.29 is 4.79 Å². The molecule has 2 heterocycles. The van der Waals surface area contributed by atoms with Gasteiger partial charge < -0.3 is 10.2 Å². The number of hydrogen-bond donors (Lipinski definition) is 2. The molecule has 0 spiro atoms. The number of likely N-dealkylation sites (tertiary alicyclic amines) is 1. The molecule has 1 unspecified atom stereocenters. The Morgan fingerprint density at radius 2 is 2.35 bits per heavy atom. The molecule has 5 nitrogen and oxygen atoms in total. The Morgan fingerprint density at radius 3 is 2.95 bits per heavy atom. The first-order chi connectivity index (χ1) is 9.41. The van der Waals surface area contributed by atoms with Crippen LogP contribution in [0, 0.1) is 18.3 Å². The summed E-state index contributed by atoms with van der Waals surface area (Å²) in [6.07, 6.45) is 4.09. The van der Waals surface area contributed by atoms with Crippen LogP contribution < -0.4 is 5.32 Å². The van der Waals surface area contributed by atoms with E-state index in [-0.39, 0.29) is 11.3 Å². The summed E-state index contributed by atoms with van der Waals surface area (Å²) in [4.78, 5) is 14.8. The molecule has 0 saturated carbocycles. The Hall–Kier alpha value is -1.36. The maximum Gasteiger partial charge on any atom is 0.226 e. The predicted octanol–water partition coefficient (Wildman–Crippen LogP) is 1.70. The van der Waals surface area contributed by atoms with Crippen molar-refractivity contribution >= 4 is 5.91 Å². The highest BCUT2D eigenvalue weighted by Crippen LogP contribution is 2.33. The fraction of sp³-hybridized carbons (Fsp3) is 0.733. The summed E-state index contributed by atoms with van der Waals surface area (Å²) in [5.41, 5.74) is 1.73. The van der Waals surface area contributed by atoms with E-state index in [1.165, 1.54) is 6.42 Å². The molecule has 0 radical (unpaired) electrons. The number of aryl methyl sites for hydroxylation is 1. The van der Waals surface area contributed by atoms with Crippen LogP contribution in [0.1, 0.15) is 37.9 Å². The molecule has 0 bridgehead atoms. The van der Waals surface area contributed by atoms with Gasteiger partial charge in [0.2, 0.25) is 5.91 Å². The SMILES string of the molecule is Cc1cn[nH]c1CNC(=O)C(C)(C)C1CCCN(C)C1. The highest BCUT2D eigenvalue weighted by molar-refractivity contribution is 5.82. The molecule has 1 aromatic rings. The molecule has 112 valence electrons. The van der Waals surface area contributed by atoms with Gasteiger partial charge in [-0.1, -0.05) is 13.8 Å². The number of amides is 1. The Morgan fingerprint density at radius 1 is 1.60 bits per heavy atom. The number of H-pyrrole nitrogens is 1. The van der Waals surface area contributed by atoms with Crippen molar-refractivity contribution in [2.75, 3.05) is 20.1 Å². The molecule has 1 fully saturated rings. The molecule has 1 aliphatic rings. The van der Waals surface area contributed by atoms with Gasteiger partial charge in [-0.25, -0.2) is 0 Å². The summed E-state index contributed by atoms with van der Waals surface area (Å²) in [6, 6.07) is 0. The van der Waals surface area contributed by atoms with E-state index in [4.69, 9.17) is 0 Å². The second-order valence-corrected chi connectivity index (χ2v) is 6.54. The van der Waals surface area contributed by atoms with Crippen LogP contribution in [0.5, 0.6) is 0 Å². The Kier molecular flexibility index (Phi) is 4.48. The first-order valence-corrected chi connectivity index (χ1v) is 7.37. The summed E-state index contributed by atoms with van der Waals surface area (Å²) >= 11 is 0.